The van der Waals surface area contributed by atoms with Crippen molar-refractivity contribution in [3.05, 3.63) is 47.0 Å². The van der Waals surface area contributed by atoms with E-state index < -0.39 is 0 Å². The van der Waals surface area contributed by atoms with Gasteiger partial charge in [0.05, 0.1) is 17.4 Å². The Labute approximate surface area is 102 Å². The summed E-state index contributed by atoms with van der Waals surface area (Å²) in [4.78, 5) is 4.54. The number of rotatable bonds is 3. The number of pyridine rings is 1. The highest BCUT2D eigenvalue weighted by atomic mass is 15.3. The van der Waals surface area contributed by atoms with Gasteiger partial charge in [-0.3, -0.25) is 9.67 Å². The van der Waals surface area contributed by atoms with Crippen LogP contribution >= 0.6 is 0 Å². The molecule has 4 nitrogen and oxygen atoms in total. The lowest BCUT2D eigenvalue weighted by Gasteiger charge is -2.18. The van der Waals surface area contributed by atoms with Crippen LogP contribution in [0.15, 0.2) is 24.5 Å². The number of hydrogen-bond acceptors (Lipinski definition) is 3. The third-order valence-corrected chi connectivity index (χ3v) is 2.97. The van der Waals surface area contributed by atoms with Gasteiger partial charge in [0.1, 0.15) is 0 Å². The molecular weight excluding hydrogens is 212 g/mol. The maximum absolute atomic E-state index is 4.54. The summed E-state index contributed by atoms with van der Waals surface area (Å²) in [6.45, 7) is 4.15. The molecule has 0 aliphatic carbocycles. The second-order valence-corrected chi connectivity index (χ2v) is 4.32. The summed E-state index contributed by atoms with van der Waals surface area (Å²) in [6, 6.07) is 4.26. The Morgan fingerprint density at radius 2 is 2.12 bits per heavy atom. The summed E-state index contributed by atoms with van der Waals surface area (Å²) in [5.41, 5.74) is 4.56. The van der Waals surface area contributed by atoms with E-state index in [-0.39, 0.29) is 6.04 Å². The first-order valence-electron chi connectivity index (χ1n) is 5.71. The van der Waals surface area contributed by atoms with E-state index in [9.17, 15) is 0 Å². The zero-order valence-electron chi connectivity index (χ0n) is 10.7. The molecule has 0 spiro atoms. The van der Waals surface area contributed by atoms with Gasteiger partial charge in [-0.25, -0.2) is 0 Å². The van der Waals surface area contributed by atoms with Gasteiger partial charge in [-0.15, -0.1) is 0 Å². The predicted octanol–water partition coefficient (Wildman–Crippen LogP) is 1.74. The highest BCUT2D eigenvalue weighted by molar-refractivity contribution is 5.30. The standard InChI is InChI=1S/C13H18N4/c1-9-7-10(2)12(15-8-9)13(14-3)11-5-6-16-17(11)4/h5-8,13-14H,1-4H3. The fourth-order valence-corrected chi connectivity index (χ4v) is 2.12. The Balaban J connectivity index is 2.46. The molecule has 4 heteroatoms. The minimum Gasteiger partial charge on any atom is -0.307 e. The van der Waals surface area contributed by atoms with E-state index >= 15 is 0 Å². The van der Waals surface area contributed by atoms with Gasteiger partial charge in [-0.1, -0.05) is 6.07 Å². The first-order valence-corrected chi connectivity index (χ1v) is 5.71. The van der Waals surface area contributed by atoms with Gasteiger partial charge >= 0.3 is 0 Å². The van der Waals surface area contributed by atoms with E-state index in [0.717, 1.165) is 11.4 Å². The van der Waals surface area contributed by atoms with Crippen molar-refractivity contribution < 1.29 is 0 Å². The van der Waals surface area contributed by atoms with Gasteiger partial charge in [0, 0.05) is 19.4 Å². The number of nitrogens with one attached hydrogen (secondary N) is 1. The average Bonchev–Trinajstić information content (AvgIpc) is 2.69. The molecule has 0 amide bonds. The maximum Gasteiger partial charge on any atom is 0.0922 e. The summed E-state index contributed by atoms with van der Waals surface area (Å²) < 4.78 is 1.88. The largest absolute Gasteiger partial charge is 0.307 e. The van der Waals surface area contributed by atoms with Crippen LogP contribution in [0.2, 0.25) is 0 Å². The Bertz CT molecular complexity index is 516. The molecule has 1 unspecified atom stereocenters. The Hall–Kier alpha value is -1.68. The van der Waals surface area contributed by atoms with Crippen LogP contribution in [0.4, 0.5) is 0 Å². The molecule has 0 aromatic carbocycles. The quantitative estimate of drug-likeness (QED) is 0.873. The normalized spacial score (nSPS) is 12.7. The predicted molar refractivity (Wildman–Crippen MR) is 67.8 cm³/mol. The SMILES string of the molecule is CNC(c1ncc(C)cc1C)c1ccnn1C. The van der Waals surface area contributed by atoms with Gasteiger partial charge < -0.3 is 5.32 Å². The molecule has 0 bridgehead atoms. The average molecular weight is 230 g/mol. The molecular formula is C13H18N4. The van der Waals surface area contributed by atoms with Crippen molar-refractivity contribution in [2.45, 2.75) is 19.9 Å². The van der Waals surface area contributed by atoms with Crippen molar-refractivity contribution in [2.75, 3.05) is 7.05 Å². The zero-order valence-corrected chi connectivity index (χ0v) is 10.7. The van der Waals surface area contributed by atoms with E-state index in [4.69, 9.17) is 0 Å². The van der Waals surface area contributed by atoms with Crippen LogP contribution in [0.3, 0.4) is 0 Å². The molecule has 2 rings (SSSR count). The number of hydrogen-bond donors (Lipinski definition) is 1. The third kappa shape index (κ3) is 2.22. The van der Waals surface area contributed by atoms with Crippen LogP contribution in [0.5, 0.6) is 0 Å². The van der Waals surface area contributed by atoms with Gasteiger partial charge in [-0.05, 0) is 38.1 Å². The third-order valence-electron chi connectivity index (χ3n) is 2.97. The smallest absolute Gasteiger partial charge is 0.0922 e. The summed E-state index contributed by atoms with van der Waals surface area (Å²) in [5, 5.41) is 7.51. The van der Waals surface area contributed by atoms with Crippen LogP contribution in [0.1, 0.15) is 28.6 Å². The maximum atomic E-state index is 4.54. The molecule has 0 fully saturated rings. The molecule has 0 aliphatic heterocycles. The topological polar surface area (TPSA) is 42.7 Å². The van der Waals surface area contributed by atoms with E-state index in [0.29, 0.717) is 0 Å². The lowest BCUT2D eigenvalue weighted by Crippen LogP contribution is -2.22. The number of aryl methyl sites for hydroxylation is 3. The highest BCUT2D eigenvalue weighted by Gasteiger charge is 2.18. The van der Waals surface area contributed by atoms with Crippen molar-refractivity contribution in [1.29, 1.82) is 0 Å². The van der Waals surface area contributed by atoms with Crippen molar-refractivity contribution >= 4 is 0 Å². The molecule has 1 N–H and O–H groups in total. The number of aromatic nitrogens is 3. The molecule has 2 aromatic rings. The zero-order chi connectivity index (χ0) is 12.4. The molecule has 1 atom stereocenters. The fourth-order valence-electron chi connectivity index (χ4n) is 2.12. The van der Waals surface area contributed by atoms with Crippen LogP contribution in [0, 0.1) is 13.8 Å². The molecule has 0 radical (unpaired) electrons. The molecule has 17 heavy (non-hydrogen) atoms. The lowest BCUT2D eigenvalue weighted by molar-refractivity contribution is 0.591. The van der Waals surface area contributed by atoms with E-state index in [1.54, 1.807) is 0 Å². The molecule has 0 aliphatic rings. The van der Waals surface area contributed by atoms with Crippen molar-refractivity contribution in [3.63, 3.8) is 0 Å². The first-order chi connectivity index (χ1) is 8.13. The van der Waals surface area contributed by atoms with E-state index in [2.05, 4.69) is 35.3 Å². The van der Waals surface area contributed by atoms with Crippen molar-refractivity contribution in [2.24, 2.45) is 7.05 Å². The second-order valence-electron chi connectivity index (χ2n) is 4.32. The van der Waals surface area contributed by atoms with E-state index in [1.165, 1.54) is 11.1 Å². The van der Waals surface area contributed by atoms with Gasteiger partial charge in [-0.2, -0.15) is 5.10 Å². The van der Waals surface area contributed by atoms with Crippen molar-refractivity contribution in [1.82, 2.24) is 20.1 Å². The first kappa shape index (κ1) is 11.8. The summed E-state index contributed by atoms with van der Waals surface area (Å²) in [5.74, 6) is 0. The lowest BCUT2D eigenvalue weighted by atomic mass is 10.0. The van der Waals surface area contributed by atoms with Gasteiger partial charge in [0.15, 0.2) is 0 Å². The fraction of sp³-hybridized carbons (Fsp3) is 0.385. The van der Waals surface area contributed by atoms with Crippen LogP contribution < -0.4 is 5.32 Å². The minimum atomic E-state index is 0.0862. The summed E-state index contributed by atoms with van der Waals surface area (Å²) in [6.07, 6.45) is 3.71. The van der Waals surface area contributed by atoms with Gasteiger partial charge in [0.2, 0.25) is 0 Å². The molecule has 0 saturated heterocycles. The Kier molecular flexibility index (Phi) is 3.24. The monoisotopic (exact) mass is 230 g/mol. The second kappa shape index (κ2) is 4.67. The van der Waals surface area contributed by atoms with Crippen molar-refractivity contribution in [3.8, 4) is 0 Å². The summed E-state index contributed by atoms with van der Waals surface area (Å²) in [7, 11) is 3.89. The molecule has 2 heterocycles. The Morgan fingerprint density at radius 3 is 2.65 bits per heavy atom. The molecule has 2 aromatic heterocycles. The Morgan fingerprint density at radius 1 is 1.35 bits per heavy atom. The van der Waals surface area contributed by atoms with Crippen LogP contribution in [-0.2, 0) is 7.05 Å². The highest BCUT2D eigenvalue weighted by Crippen LogP contribution is 2.22. The minimum absolute atomic E-state index is 0.0862. The van der Waals surface area contributed by atoms with Crippen LogP contribution in [0.25, 0.3) is 0 Å². The van der Waals surface area contributed by atoms with E-state index in [1.807, 2.05) is 37.2 Å². The number of nitrogens with zero attached hydrogens (tertiary/aromatic N) is 3. The van der Waals surface area contributed by atoms with Gasteiger partial charge in [0.25, 0.3) is 0 Å². The molecule has 0 saturated carbocycles. The summed E-state index contributed by atoms with van der Waals surface area (Å²) >= 11 is 0. The molecule has 90 valence electrons. The van der Waals surface area contributed by atoms with Crippen LogP contribution in [-0.4, -0.2) is 21.8 Å².